The number of aromatic amines is 1. The van der Waals surface area contributed by atoms with Gasteiger partial charge < -0.3 is 9.80 Å². The second-order valence-electron chi connectivity index (χ2n) is 4.66. The number of hydrogen-bond donors (Lipinski definition) is 1. The quantitative estimate of drug-likeness (QED) is 0.738. The molecule has 5 heteroatoms. The number of likely N-dealkylation sites (N-methyl/N-ethyl adjacent to an activating group) is 1. The van der Waals surface area contributed by atoms with Gasteiger partial charge in [-0.25, -0.2) is 0 Å². The van der Waals surface area contributed by atoms with E-state index >= 15 is 0 Å². The van der Waals surface area contributed by atoms with Crippen LogP contribution in [-0.2, 0) is 13.0 Å². The molecule has 5 nitrogen and oxygen atoms in total. The van der Waals surface area contributed by atoms with E-state index in [1.54, 1.807) is 0 Å². The van der Waals surface area contributed by atoms with E-state index in [0.29, 0.717) is 5.69 Å². The zero-order chi connectivity index (χ0) is 11.1. The topological polar surface area (TPSA) is 52.2 Å². The summed E-state index contributed by atoms with van der Waals surface area (Å²) in [5.41, 5.74) is 2.88. The molecule has 3 heterocycles. The van der Waals surface area contributed by atoms with Gasteiger partial charge in [-0.2, -0.15) is 5.10 Å². The van der Waals surface area contributed by atoms with Crippen molar-refractivity contribution in [1.29, 1.82) is 0 Å². The summed E-state index contributed by atoms with van der Waals surface area (Å²) >= 11 is 0. The third-order valence-corrected chi connectivity index (χ3v) is 3.47. The van der Waals surface area contributed by atoms with E-state index < -0.39 is 0 Å². The Morgan fingerprint density at radius 1 is 1.38 bits per heavy atom. The minimum Gasteiger partial charge on any atom is -0.337 e. The van der Waals surface area contributed by atoms with Crippen LogP contribution in [0.5, 0.6) is 0 Å². The molecular weight excluding hydrogens is 204 g/mol. The van der Waals surface area contributed by atoms with Crippen molar-refractivity contribution in [1.82, 2.24) is 20.0 Å². The normalized spacial score (nSPS) is 20.4. The van der Waals surface area contributed by atoms with Crippen LogP contribution < -0.4 is 0 Å². The van der Waals surface area contributed by atoms with E-state index in [9.17, 15) is 4.79 Å². The average molecular weight is 220 g/mol. The predicted molar refractivity (Wildman–Crippen MR) is 59.1 cm³/mol. The zero-order valence-electron chi connectivity index (χ0n) is 9.49. The first-order chi connectivity index (χ1) is 7.75. The van der Waals surface area contributed by atoms with Crippen LogP contribution in [0.25, 0.3) is 0 Å². The summed E-state index contributed by atoms with van der Waals surface area (Å²) in [6.45, 7) is 3.64. The Hall–Kier alpha value is -1.36. The third kappa shape index (κ3) is 1.43. The molecule has 3 rings (SSSR count). The monoisotopic (exact) mass is 220 g/mol. The van der Waals surface area contributed by atoms with Crippen molar-refractivity contribution in [2.45, 2.75) is 19.4 Å². The minimum atomic E-state index is 0.0963. The van der Waals surface area contributed by atoms with Crippen LogP contribution in [0, 0.1) is 0 Å². The Balaban J connectivity index is 1.90. The van der Waals surface area contributed by atoms with Gasteiger partial charge in [0.25, 0.3) is 5.91 Å². The Bertz CT molecular complexity index is 422. The molecule has 0 unspecified atom stereocenters. The molecular formula is C11H16N4O. The highest BCUT2D eigenvalue weighted by molar-refractivity contribution is 5.94. The lowest BCUT2D eigenvalue weighted by Crippen LogP contribution is -2.42. The minimum absolute atomic E-state index is 0.0963. The molecule has 2 aliphatic heterocycles. The Morgan fingerprint density at radius 2 is 2.19 bits per heavy atom. The summed E-state index contributed by atoms with van der Waals surface area (Å²) in [5, 5.41) is 7.20. The lowest BCUT2D eigenvalue weighted by molar-refractivity contribution is 0.0643. The van der Waals surface area contributed by atoms with Gasteiger partial charge in [0.05, 0.1) is 0 Å². The fourth-order valence-electron chi connectivity index (χ4n) is 2.28. The third-order valence-electron chi connectivity index (χ3n) is 3.47. The van der Waals surface area contributed by atoms with Gasteiger partial charge in [0.15, 0.2) is 5.69 Å². The number of carbonyl (C=O) groups excluding carboxylic acids is 1. The molecule has 1 N–H and O–H groups in total. The number of fused-ring (bicyclic) bond motifs is 1. The number of H-pyrrole nitrogens is 1. The van der Waals surface area contributed by atoms with Gasteiger partial charge in [-0.15, -0.1) is 0 Å². The smallest absolute Gasteiger partial charge is 0.274 e. The highest BCUT2D eigenvalue weighted by Crippen LogP contribution is 2.21. The van der Waals surface area contributed by atoms with Gasteiger partial charge in [-0.3, -0.25) is 9.89 Å². The van der Waals surface area contributed by atoms with E-state index in [0.717, 1.165) is 50.3 Å². The van der Waals surface area contributed by atoms with Crippen LogP contribution in [0.15, 0.2) is 0 Å². The number of likely N-dealkylation sites (tertiary alicyclic amines) is 1. The molecule has 16 heavy (non-hydrogen) atoms. The maximum Gasteiger partial charge on any atom is 0.274 e. The first kappa shape index (κ1) is 9.84. The molecule has 1 fully saturated rings. The zero-order valence-corrected chi connectivity index (χ0v) is 9.49. The molecule has 0 spiro atoms. The highest BCUT2D eigenvalue weighted by atomic mass is 16.2. The molecule has 0 saturated carbocycles. The van der Waals surface area contributed by atoms with Crippen LogP contribution in [0.3, 0.4) is 0 Å². The van der Waals surface area contributed by atoms with Gasteiger partial charge >= 0.3 is 0 Å². The van der Waals surface area contributed by atoms with Crippen molar-refractivity contribution >= 4 is 5.91 Å². The second-order valence-corrected chi connectivity index (χ2v) is 4.66. The molecule has 2 aliphatic rings. The van der Waals surface area contributed by atoms with Gasteiger partial charge in [-0.05, 0) is 13.5 Å². The SMILES string of the molecule is CN1CCc2[nH]nc(C(=O)N3CCC3)c2C1. The molecule has 86 valence electrons. The second kappa shape index (κ2) is 3.59. The lowest BCUT2D eigenvalue weighted by atomic mass is 10.0. The Morgan fingerprint density at radius 3 is 2.88 bits per heavy atom. The van der Waals surface area contributed by atoms with E-state index in [2.05, 4.69) is 22.1 Å². The molecule has 1 amide bonds. The number of aromatic nitrogens is 2. The van der Waals surface area contributed by atoms with E-state index in [1.807, 2.05) is 4.90 Å². The number of rotatable bonds is 1. The fraction of sp³-hybridized carbons (Fsp3) is 0.636. The number of carbonyl (C=O) groups is 1. The van der Waals surface area contributed by atoms with Crippen molar-refractivity contribution in [2.24, 2.45) is 0 Å². The summed E-state index contributed by atoms with van der Waals surface area (Å²) in [7, 11) is 2.08. The molecule has 0 atom stereocenters. The van der Waals surface area contributed by atoms with Crippen LogP contribution in [-0.4, -0.2) is 52.6 Å². The lowest BCUT2D eigenvalue weighted by Gasteiger charge is -2.31. The number of nitrogens with zero attached hydrogens (tertiary/aromatic N) is 3. The molecule has 1 aromatic rings. The number of hydrogen-bond acceptors (Lipinski definition) is 3. The molecule has 0 aliphatic carbocycles. The van der Waals surface area contributed by atoms with E-state index in [1.165, 1.54) is 0 Å². The molecule has 0 bridgehead atoms. The van der Waals surface area contributed by atoms with Crippen LogP contribution in [0.1, 0.15) is 28.2 Å². The van der Waals surface area contributed by atoms with Crippen molar-refractivity contribution in [3.8, 4) is 0 Å². The maximum atomic E-state index is 12.1. The largest absolute Gasteiger partial charge is 0.337 e. The molecule has 1 aromatic heterocycles. The van der Waals surface area contributed by atoms with Gasteiger partial charge in [-0.1, -0.05) is 0 Å². The predicted octanol–water partition coefficient (Wildman–Crippen LogP) is 0.243. The van der Waals surface area contributed by atoms with Crippen LogP contribution in [0.2, 0.25) is 0 Å². The fourth-order valence-corrected chi connectivity index (χ4v) is 2.28. The molecule has 0 radical (unpaired) electrons. The molecule has 0 aromatic carbocycles. The summed E-state index contributed by atoms with van der Waals surface area (Å²) in [6, 6.07) is 0. The van der Waals surface area contributed by atoms with Crippen molar-refractivity contribution in [3.63, 3.8) is 0 Å². The van der Waals surface area contributed by atoms with E-state index in [4.69, 9.17) is 0 Å². The first-order valence-corrected chi connectivity index (χ1v) is 5.79. The van der Waals surface area contributed by atoms with Gasteiger partial charge in [0.1, 0.15) is 0 Å². The summed E-state index contributed by atoms with van der Waals surface area (Å²) < 4.78 is 0. The van der Waals surface area contributed by atoms with Gasteiger partial charge in [0.2, 0.25) is 0 Å². The van der Waals surface area contributed by atoms with Gasteiger partial charge in [0, 0.05) is 43.9 Å². The van der Waals surface area contributed by atoms with Crippen molar-refractivity contribution in [2.75, 3.05) is 26.7 Å². The van der Waals surface area contributed by atoms with Crippen LogP contribution >= 0.6 is 0 Å². The summed E-state index contributed by atoms with van der Waals surface area (Å²) in [5.74, 6) is 0.0963. The summed E-state index contributed by atoms with van der Waals surface area (Å²) in [4.78, 5) is 16.2. The first-order valence-electron chi connectivity index (χ1n) is 5.79. The average Bonchev–Trinajstić information content (AvgIpc) is 2.57. The van der Waals surface area contributed by atoms with E-state index in [-0.39, 0.29) is 5.91 Å². The van der Waals surface area contributed by atoms with Crippen LogP contribution in [0.4, 0.5) is 0 Å². The highest BCUT2D eigenvalue weighted by Gasteiger charge is 2.29. The van der Waals surface area contributed by atoms with Crippen molar-refractivity contribution < 1.29 is 4.79 Å². The summed E-state index contributed by atoms with van der Waals surface area (Å²) in [6.07, 6.45) is 2.09. The standard InChI is InChI=1S/C11H16N4O/c1-14-6-3-9-8(7-14)10(13-12-9)11(16)15-4-2-5-15/h2-7H2,1H3,(H,12,13). The number of amides is 1. The Kier molecular flexibility index (Phi) is 2.21. The molecule has 1 saturated heterocycles. The Labute approximate surface area is 94.4 Å². The van der Waals surface area contributed by atoms with Crippen molar-refractivity contribution in [3.05, 3.63) is 17.0 Å². The maximum absolute atomic E-state index is 12.1. The number of nitrogens with one attached hydrogen (secondary N) is 1.